The van der Waals surface area contributed by atoms with E-state index in [0.29, 0.717) is 5.95 Å². The Morgan fingerprint density at radius 2 is 1.40 bits per heavy atom. The molecule has 2 aromatic heterocycles. The van der Waals surface area contributed by atoms with Gasteiger partial charge in [0.05, 0.1) is 10.2 Å². The molecule has 2 N–H and O–H groups in total. The summed E-state index contributed by atoms with van der Waals surface area (Å²) in [6.07, 6.45) is 0. The number of anilines is 4. The predicted octanol–water partition coefficient (Wildman–Crippen LogP) is 5.80. The van der Waals surface area contributed by atoms with Crippen LogP contribution in [0.25, 0.3) is 10.2 Å². The second-order valence-electron chi connectivity index (χ2n) is 5.91. The third-order valence-electron chi connectivity index (χ3n) is 4.09. The van der Waals surface area contributed by atoms with Gasteiger partial charge in [0.25, 0.3) is 0 Å². The average Bonchev–Trinajstić information content (AvgIpc) is 3.08. The summed E-state index contributed by atoms with van der Waals surface area (Å²) in [7, 11) is 0. The van der Waals surface area contributed by atoms with E-state index in [1.54, 1.807) is 11.3 Å². The first-order valence-electron chi connectivity index (χ1n) is 8.11. The van der Waals surface area contributed by atoms with Crippen LogP contribution in [0, 0.1) is 13.8 Å². The number of para-hydroxylation sites is 2. The fraction of sp³-hybridized carbons (Fsp3) is 0.100. The Hall–Kier alpha value is -2.92. The van der Waals surface area contributed by atoms with E-state index in [-0.39, 0.29) is 0 Å². The van der Waals surface area contributed by atoms with Crippen LogP contribution in [0.5, 0.6) is 0 Å². The summed E-state index contributed by atoms with van der Waals surface area (Å²) >= 11 is 1.64. The van der Waals surface area contributed by atoms with Crippen molar-refractivity contribution in [3.63, 3.8) is 0 Å². The number of fused-ring (bicyclic) bond motifs is 1. The van der Waals surface area contributed by atoms with Gasteiger partial charge in [-0.15, -0.1) is 11.3 Å². The fourth-order valence-electron chi connectivity index (χ4n) is 2.68. The highest BCUT2D eigenvalue weighted by Crippen LogP contribution is 2.31. The minimum Gasteiger partial charge on any atom is -0.339 e. The molecular formula is C20H18N4S. The summed E-state index contributed by atoms with van der Waals surface area (Å²) in [6.45, 7) is 4.15. The molecule has 0 aliphatic heterocycles. The van der Waals surface area contributed by atoms with Crippen LogP contribution in [0.2, 0.25) is 0 Å². The first kappa shape index (κ1) is 15.6. The normalized spacial score (nSPS) is 10.8. The Labute approximate surface area is 150 Å². The maximum atomic E-state index is 4.72. The van der Waals surface area contributed by atoms with Crippen LogP contribution < -0.4 is 10.6 Å². The molecule has 4 nitrogen and oxygen atoms in total. The van der Waals surface area contributed by atoms with Crippen molar-refractivity contribution in [2.24, 2.45) is 0 Å². The van der Waals surface area contributed by atoms with Crippen molar-refractivity contribution in [1.82, 2.24) is 9.97 Å². The number of hydrogen-bond acceptors (Lipinski definition) is 5. The van der Waals surface area contributed by atoms with Crippen molar-refractivity contribution in [2.75, 3.05) is 10.6 Å². The van der Waals surface area contributed by atoms with Gasteiger partial charge in [-0.3, -0.25) is 0 Å². The molecule has 2 heterocycles. The third kappa shape index (κ3) is 3.19. The molecule has 0 radical (unpaired) electrons. The summed E-state index contributed by atoms with van der Waals surface area (Å²) < 4.78 is 1.05. The molecule has 0 spiro atoms. The molecule has 0 atom stereocenters. The van der Waals surface area contributed by atoms with Crippen LogP contribution >= 0.6 is 11.3 Å². The lowest BCUT2D eigenvalue weighted by Gasteiger charge is -2.12. The van der Waals surface area contributed by atoms with Crippen LogP contribution in [0.1, 0.15) is 11.1 Å². The van der Waals surface area contributed by atoms with Crippen LogP contribution in [-0.4, -0.2) is 9.97 Å². The zero-order valence-corrected chi connectivity index (χ0v) is 14.9. The summed E-state index contributed by atoms with van der Waals surface area (Å²) in [4.78, 5) is 9.37. The van der Waals surface area contributed by atoms with E-state index in [9.17, 15) is 0 Å². The molecule has 4 aromatic rings. The molecular weight excluding hydrogens is 328 g/mol. The van der Waals surface area contributed by atoms with Crippen molar-refractivity contribution in [3.05, 3.63) is 71.1 Å². The molecule has 0 amide bonds. The molecule has 0 unspecified atom stereocenters. The minimum absolute atomic E-state index is 0.594. The summed E-state index contributed by atoms with van der Waals surface area (Å²) in [5.41, 5.74) is 5.34. The molecule has 4 rings (SSSR count). The number of thiophene rings is 1. The first-order chi connectivity index (χ1) is 12.2. The van der Waals surface area contributed by atoms with Crippen LogP contribution in [-0.2, 0) is 0 Å². The highest BCUT2D eigenvalue weighted by molar-refractivity contribution is 7.17. The van der Waals surface area contributed by atoms with Crippen molar-refractivity contribution in [2.45, 2.75) is 13.8 Å². The lowest BCUT2D eigenvalue weighted by atomic mass is 10.2. The van der Waals surface area contributed by atoms with Gasteiger partial charge >= 0.3 is 0 Å². The van der Waals surface area contributed by atoms with Gasteiger partial charge in [0.15, 0.2) is 5.82 Å². The molecule has 0 fully saturated rings. The maximum absolute atomic E-state index is 4.72. The molecule has 0 saturated carbocycles. The molecule has 0 bridgehead atoms. The van der Waals surface area contributed by atoms with Gasteiger partial charge in [-0.05, 0) is 48.6 Å². The second-order valence-corrected chi connectivity index (χ2v) is 6.83. The lowest BCUT2D eigenvalue weighted by Crippen LogP contribution is -2.02. The first-order valence-corrected chi connectivity index (χ1v) is 8.99. The maximum Gasteiger partial charge on any atom is 0.229 e. The van der Waals surface area contributed by atoms with Crippen LogP contribution in [0.3, 0.4) is 0 Å². The van der Waals surface area contributed by atoms with Gasteiger partial charge in [0, 0.05) is 11.4 Å². The molecule has 0 aliphatic rings. The van der Waals surface area contributed by atoms with E-state index in [2.05, 4.69) is 47.7 Å². The summed E-state index contributed by atoms with van der Waals surface area (Å²) in [5, 5.41) is 8.84. The average molecular weight is 346 g/mol. The van der Waals surface area contributed by atoms with Gasteiger partial charge in [-0.25, -0.2) is 4.98 Å². The number of nitrogens with zero attached hydrogens (tertiary/aromatic N) is 2. The SMILES string of the molecule is Cc1ccccc1Nc1nc(Nc2ccccc2C)c2sccc2n1. The molecule has 0 aliphatic carbocycles. The Bertz CT molecular complexity index is 1040. The molecule has 2 aromatic carbocycles. The molecule has 25 heavy (non-hydrogen) atoms. The number of benzene rings is 2. The van der Waals surface area contributed by atoms with Crippen molar-refractivity contribution < 1.29 is 0 Å². The summed E-state index contributed by atoms with van der Waals surface area (Å²) in [5.74, 6) is 1.42. The fourth-order valence-corrected chi connectivity index (χ4v) is 3.45. The molecule has 124 valence electrons. The lowest BCUT2D eigenvalue weighted by molar-refractivity contribution is 1.21. The Kier molecular flexibility index (Phi) is 4.07. The largest absolute Gasteiger partial charge is 0.339 e. The van der Waals surface area contributed by atoms with E-state index in [4.69, 9.17) is 4.98 Å². The number of rotatable bonds is 4. The van der Waals surface area contributed by atoms with E-state index in [1.807, 2.05) is 41.8 Å². The van der Waals surface area contributed by atoms with Gasteiger partial charge in [-0.1, -0.05) is 36.4 Å². The smallest absolute Gasteiger partial charge is 0.229 e. The van der Waals surface area contributed by atoms with Crippen LogP contribution in [0.15, 0.2) is 60.0 Å². The quantitative estimate of drug-likeness (QED) is 0.490. The van der Waals surface area contributed by atoms with E-state index >= 15 is 0 Å². The number of hydrogen-bond donors (Lipinski definition) is 2. The van der Waals surface area contributed by atoms with Gasteiger partial charge in [-0.2, -0.15) is 4.98 Å². The van der Waals surface area contributed by atoms with Gasteiger partial charge < -0.3 is 10.6 Å². The van der Waals surface area contributed by atoms with Crippen molar-refractivity contribution in [1.29, 1.82) is 0 Å². The third-order valence-corrected chi connectivity index (χ3v) is 5.00. The topological polar surface area (TPSA) is 49.8 Å². The molecule has 0 saturated heterocycles. The predicted molar refractivity (Wildman–Crippen MR) is 106 cm³/mol. The Morgan fingerprint density at radius 1 is 0.760 bits per heavy atom. The van der Waals surface area contributed by atoms with Crippen molar-refractivity contribution in [3.8, 4) is 0 Å². The standard InChI is InChI=1S/C20H18N4S/c1-13-7-3-5-9-15(13)21-19-18-17(11-12-25-18)23-20(24-19)22-16-10-6-4-8-14(16)2/h3-12H,1-2H3,(H2,21,22,23,24). The highest BCUT2D eigenvalue weighted by atomic mass is 32.1. The van der Waals surface area contributed by atoms with E-state index < -0.39 is 0 Å². The zero-order valence-electron chi connectivity index (χ0n) is 14.1. The van der Waals surface area contributed by atoms with Crippen molar-refractivity contribution >= 4 is 44.7 Å². The molecule has 5 heteroatoms. The number of nitrogens with one attached hydrogen (secondary N) is 2. The van der Waals surface area contributed by atoms with Crippen LogP contribution in [0.4, 0.5) is 23.1 Å². The number of aryl methyl sites for hydroxylation is 2. The second kappa shape index (κ2) is 6.53. The monoisotopic (exact) mass is 346 g/mol. The van der Waals surface area contributed by atoms with E-state index in [1.165, 1.54) is 5.56 Å². The van der Waals surface area contributed by atoms with Gasteiger partial charge in [0.2, 0.25) is 5.95 Å². The Morgan fingerprint density at radius 3 is 2.08 bits per heavy atom. The Balaban J connectivity index is 1.75. The summed E-state index contributed by atoms with van der Waals surface area (Å²) in [6, 6.07) is 18.4. The highest BCUT2D eigenvalue weighted by Gasteiger charge is 2.11. The minimum atomic E-state index is 0.594. The zero-order chi connectivity index (χ0) is 17.2. The van der Waals surface area contributed by atoms with Gasteiger partial charge in [0.1, 0.15) is 0 Å². The number of aromatic nitrogens is 2. The van der Waals surface area contributed by atoms with E-state index in [0.717, 1.165) is 33.0 Å².